The van der Waals surface area contributed by atoms with Gasteiger partial charge >= 0.3 is 0 Å². The van der Waals surface area contributed by atoms with Gasteiger partial charge in [-0.3, -0.25) is 9.36 Å². The summed E-state index contributed by atoms with van der Waals surface area (Å²) >= 11 is 0. The van der Waals surface area contributed by atoms with Gasteiger partial charge in [-0.2, -0.15) is 0 Å². The van der Waals surface area contributed by atoms with Crippen molar-refractivity contribution < 1.29 is 28.4 Å². The van der Waals surface area contributed by atoms with Crippen LogP contribution in [0.2, 0.25) is 0 Å². The van der Waals surface area contributed by atoms with Gasteiger partial charge in [-0.1, -0.05) is 0 Å². The number of allylic oxidation sites excluding steroid dienone is 1. The third-order valence-electron chi connectivity index (χ3n) is 1.22. The Bertz CT molecular complexity index is 276. The van der Waals surface area contributed by atoms with Crippen molar-refractivity contribution in [3.63, 3.8) is 0 Å². The van der Waals surface area contributed by atoms with Crippen LogP contribution in [-0.4, -0.2) is 44.2 Å². The molecule has 0 saturated heterocycles. The molecule has 0 aromatic heterocycles. The minimum Gasteiger partial charge on any atom is -0.756 e. The molecule has 0 aliphatic heterocycles. The second-order valence-electron chi connectivity index (χ2n) is 2.83. The van der Waals surface area contributed by atoms with Crippen molar-refractivity contribution in [2.24, 2.45) is 0 Å². The zero-order valence-corrected chi connectivity index (χ0v) is 10.9. The van der Waals surface area contributed by atoms with E-state index in [9.17, 15) is 14.3 Å². The largest absolute Gasteiger partial charge is 0.756 e. The van der Waals surface area contributed by atoms with E-state index >= 15 is 0 Å². The van der Waals surface area contributed by atoms with Crippen molar-refractivity contribution in [1.29, 1.82) is 0 Å². The molecule has 1 N–H and O–H groups in total. The summed E-state index contributed by atoms with van der Waals surface area (Å²) in [5, 5.41) is 8.59. The summed E-state index contributed by atoms with van der Waals surface area (Å²) in [6.45, 7) is 1.46. The average Bonchev–Trinajstić information content (AvgIpc) is 2.17. The van der Waals surface area contributed by atoms with Crippen LogP contribution >= 0.6 is 7.82 Å². The van der Waals surface area contributed by atoms with Crippen LogP contribution in [0.15, 0.2) is 11.8 Å². The number of carbonyl (C=O) groups excluding carboxylic acids is 1. The highest BCUT2D eigenvalue weighted by atomic mass is 31.2. The highest BCUT2D eigenvalue weighted by molar-refractivity contribution is 7.45. The number of rotatable bonds is 3. The van der Waals surface area contributed by atoms with E-state index in [1.807, 2.05) is 0 Å². The molecule has 96 valence electrons. The topological polar surface area (TPSA) is 99.1 Å². The molecule has 7 nitrogen and oxygen atoms in total. The minimum absolute atomic E-state index is 0.0358. The number of amides is 1. The van der Waals surface area contributed by atoms with Gasteiger partial charge < -0.3 is 23.9 Å². The highest BCUT2D eigenvalue weighted by Crippen LogP contribution is 2.34. The summed E-state index contributed by atoms with van der Waals surface area (Å²) in [6.07, 6.45) is 1.17. The van der Waals surface area contributed by atoms with Gasteiger partial charge in [0.15, 0.2) is 0 Å². The summed E-state index contributed by atoms with van der Waals surface area (Å²) in [6, 6.07) is 0. The van der Waals surface area contributed by atoms with E-state index in [0.29, 0.717) is 0 Å². The fourth-order valence-corrected chi connectivity index (χ4v) is 0.531. The molecule has 0 spiro atoms. The Kier molecular flexibility index (Phi) is 9.08. The fourth-order valence-electron chi connectivity index (χ4n) is 0.382. The number of phosphoric acid groups is 1. The summed E-state index contributed by atoms with van der Waals surface area (Å²) < 4.78 is 17.7. The van der Waals surface area contributed by atoms with Crippen molar-refractivity contribution in [3.05, 3.63) is 11.8 Å². The lowest BCUT2D eigenvalue weighted by atomic mass is 10.4. The molecule has 0 aromatic carbocycles. The van der Waals surface area contributed by atoms with E-state index in [-0.39, 0.29) is 11.7 Å². The average molecular weight is 254 g/mol. The first kappa shape index (κ1) is 17.5. The predicted molar refractivity (Wildman–Crippen MR) is 56.7 cm³/mol. The van der Waals surface area contributed by atoms with Crippen LogP contribution in [0, 0.1) is 0 Å². The van der Waals surface area contributed by atoms with Gasteiger partial charge in [0.25, 0.3) is 7.82 Å². The number of nitrogens with zero attached hydrogens (tertiary/aromatic N) is 1. The number of hydrogen-bond acceptors (Lipinski definition) is 6. The third kappa shape index (κ3) is 11.2. The summed E-state index contributed by atoms with van der Waals surface area (Å²) in [5.74, 6) is -0.163. The van der Waals surface area contributed by atoms with E-state index in [1.165, 1.54) is 17.9 Å². The first-order valence-corrected chi connectivity index (χ1v) is 5.63. The third-order valence-corrected chi connectivity index (χ3v) is 2.11. The number of hydrogen-bond donors (Lipinski definition) is 1. The molecule has 1 amide bonds. The summed E-state index contributed by atoms with van der Waals surface area (Å²) in [7, 11) is 1.43. The molecule has 0 bridgehead atoms. The Morgan fingerprint density at radius 2 is 1.75 bits per heavy atom. The molecular formula is C8H17NO6P-. The van der Waals surface area contributed by atoms with Gasteiger partial charge in [-0.05, 0) is 6.92 Å². The van der Waals surface area contributed by atoms with Gasteiger partial charge in [0, 0.05) is 34.4 Å². The van der Waals surface area contributed by atoms with E-state index in [0.717, 1.165) is 14.2 Å². The van der Waals surface area contributed by atoms with Crippen molar-refractivity contribution in [3.8, 4) is 0 Å². The minimum atomic E-state index is -3.90. The number of aliphatic hydroxyl groups is 1. The molecule has 0 heterocycles. The van der Waals surface area contributed by atoms with E-state index in [1.54, 1.807) is 14.1 Å². The second kappa shape index (κ2) is 8.29. The van der Waals surface area contributed by atoms with Crippen molar-refractivity contribution in [1.82, 2.24) is 4.90 Å². The molecular weight excluding hydrogens is 237 g/mol. The molecule has 0 saturated carbocycles. The van der Waals surface area contributed by atoms with Crippen LogP contribution in [0.5, 0.6) is 0 Å². The van der Waals surface area contributed by atoms with E-state index in [4.69, 9.17) is 5.11 Å². The normalized spacial score (nSPS) is 11.5. The quantitative estimate of drug-likeness (QED) is 0.441. The van der Waals surface area contributed by atoms with Crippen LogP contribution in [0.1, 0.15) is 6.92 Å². The maximum Gasteiger partial charge on any atom is 0.267 e. The second-order valence-corrected chi connectivity index (χ2v) is 4.46. The number of likely N-dealkylation sites (N-methyl/N-ethyl adjacent to an activating group) is 1. The smallest absolute Gasteiger partial charge is 0.267 e. The van der Waals surface area contributed by atoms with Gasteiger partial charge in [0.1, 0.15) is 0 Å². The molecule has 0 aromatic rings. The lowest BCUT2D eigenvalue weighted by Crippen LogP contribution is -2.19. The molecule has 0 fully saturated rings. The van der Waals surface area contributed by atoms with Crippen LogP contribution in [-0.2, 0) is 18.4 Å². The SMILES string of the molecule is C/C(O)=C\C(=O)N(C)C.COP(=O)([O-])OC. The zero-order chi connectivity index (χ0) is 13.4. The van der Waals surface area contributed by atoms with Crippen LogP contribution < -0.4 is 4.89 Å². The fraction of sp³-hybridized carbons (Fsp3) is 0.625. The van der Waals surface area contributed by atoms with E-state index in [2.05, 4.69) is 9.05 Å². The van der Waals surface area contributed by atoms with Crippen LogP contribution in [0.25, 0.3) is 0 Å². The summed E-state index contributed by atoms with van der Waals surface area (Å²) in [5.41, 5.74) is 0. The molecule has 0 aliphatic rings. The number of aliphatic hydroxyl groups excluding tert-OH is 1. The first-order chi connectivity index (χ1) is 7.16. The Morgan fingerprint density at radius 3 is 1.81 bits per heavy atom. The molecule has 16 heavy (non-hydrogen) atoms. The molecule has 0 rings (SSSR count). The molecule has 0 atom stereocenters. The van der Waals surface area contributed by atoms with Crippen LogP contribution in [0.3, 0.4) is 0 Å². The standard InChI is InChI=1S/C6H11NO2.C2H7O4P/c1-5(8)4-6(9)7(2)3;1-5-7(3,4)6-2/h4,8H,1-3H3;1-2H3,(H,3,4)/p-1/b5-4+;. The zero-order valence-electron chi connectivity index (χ0n) is 9.96. The van der Waals surface area contributed by atoms with Gasteiger partial charge in [0.2, 0.25) is 5.91 Å². The van der Waals surface area contributed by atoms with Crippen molar-refractivity contribution >= 4 is 13.7 Å². The lowest BCUT2D eigenvalue weighted by molar-refractivity contribution is -0.220. The van der Waals surface area contributed by atoms with Gasteiger partial charge in [-0.15, -0.1) is 0 Å². The highest BCUT2D eigenvalue weighted by Gasteiger charge is 1.98. The molecule has 0 unspecified atom stereocenters. The van der Waals surface area contributed by atoms with Crippen molar-refractivity contribution in [2.75, 3.05) is 28.3 Å². The van der Waals surface area contributed by atoms with Crippen LogP contribution in [0.4, 0.5) is 0 Å². The monoisotopic (exact) mass is 254 g/mol. The Balaban J connectivity index is 0. The Morgan fingerprint density at radius 1 is 1.38 bits per heavy atom. The molecule has 0 radical (unpaired) electrons. The first-order valence-electron chi connectivity index (χ1n) is 4.17. The molecule has 0 aliphatic carbocycles. The predicted octanol–water partition coefficient (Wildman–Crippen LogP) is 0.284. The maximum atomic E-state index is 10.6. The summed E-state index contributed by atoms with van der Waals surface area (Å²) in [4.78, 5) is 22.0. The van der Waals surface area contributed by atoms with Gasteiger partial charge in [-0.25, -0.2) is 0 Å². The van der Waals surface area contributed by atoms with Gasteiger partial charge in [0.05, 0.1) is 5.76 Å². The lowest BCUT2D eigenvalue weighted by Gasteiger charge is -2.16. The number of phosphoric ester groups is 1. The number of carbonyl (C=O) groups is 1. The Hall–Kier alpha value is -0.880. The Labute approximate surface area is 94.9 Å². The van der Waals surface area contributed by atoms with Crippen molar-refractivity contribution in [2.45, 2.75) is 6.92 Å². The van der Waals surface area contributed by atoms with E-state index < -0.39 is 7.82 Å². The maximum absolute atomic E-state index is 10.6. The molecule has 8 heteroatoms.